The van der Waals surface area contributed by atoms with Crippen LogP contribution in [0.1, 0.15) is 38.6 Å². The minimum atomic E-state index is 0.143. The maximum atomic E-state index is 5.46. The molecule has 0 aliphatic rings. The van der Waals surface area contributed by atoms with E-state index in [2.05, 4.69) is 29.2 Å². The van der Waals surface area contributed by atoms with Crippen LogP contribution >= 0.6 is 0 Å². The third-order valence-electron chi connectivity index (χ3n) is 2.39. The lowest BCUT2D eigenvalue weighted by atomic mass is 9.99. The van der Waals surface area contributed by atoms with Crippen LogP contribution < -0.4 is 11.3 Å². The molecule has 2 atom stereocenters. The van der Waals surface area contributed by atoms with Gasteiger partial charge in [-0.15, -0.1) is 0 Å². The van der Waals surface area contributed by atoms with Gasteiger partial charge in [-0.25, -0.2) is 10.4 Å². The van der Waals surface area contributed by atoms with Crippen molar-refractivity contribution in [3.8, 4) is 0 Å². The molecule has 0 bridgehead atoms. The van der Waals surface area contributed by atoms with Crippen LogP contribution in [0, 0.1) is 5.92 Å². The van der Waals surface area contributed by atoms with E-state index in [-0.39, 0.29) is 6.04 Å². The van der Waals surface area contributed by atoms with E-state index >= 15 is 0 Å². The van der Waals surface area contributed by atoms with Crippen LogP contribution in [-0.2, 0) is 0 Å². The van der Waals surface area contributed by atoms with Gasteiger partial charge in [0.05, 0.1) is 6.04 Å². The number of nitrogens with zero attached hydrogens (tertiary/aromatic N) is 1. The first-order valence-corrected chi connectivity index (χ1v) is 4.73. The predicted octanol–water partition coefficient (Wildman–Crippen LogP) is 1.35. The molecular formula is C9H18N4. The molecule has 4 N–H and O–H groups in total. The number of H-pyrrole nitrogens is 1. The van der Waals surface area contributed by atoms with Crippen LogP contribution in [0.25, 0.3) is 0 Å². The Bertz CT molecular complexity index is 220. The van der Waals surface area contributed by atoms with Crippen LogP contribution in [0.15, 0.2) is 12.4 Å². The van der Waals surface area contributed by atoms with E-state index in [1.807, 2.05) is 6.20 Å². The summed E-state index contributed by atoms with van der Waals surface area (Å²) in [4.78, 5) is 7.24. The van der Waals surface area contributed by atoms with Crippen molar-refractivity contribution in [1.82, 2.24) is 15.4 Å². The first-order chi connectivity index (χ1) is 6.27. The molecule has 0 aliphatic carbocycles. The van der Waals surface area contributed by atoms with Crippen molar-refractivity contribution in [1.29, 1.82) is 0 Å². The summed E-state index contributed by atoms with van der Waals surface area (Å²) in [5.74, 6) is 7.03. The van der Waals surface area contributed by atoms with Crippen molar-refractivity contribution in [3.63, 3.8) is 0 Å². The average Bonchev–Trinajstić information content (AvgIpc) is 2.66. The molecule has 0 saturated heterocycles. The van der Waals surface area contributed by atoms with Gasteiger partial charge < -0.3 is 4.98 Å². The van der Waals surface area contributed by atoms with Crippen molar-refractivity contribution in [3.05, 3.63) is 18.2 Å². The lowest BCUT2D eigenvalue weighted by molar-refractivity contribution is 0.396. The summed E-state index contributed by atoms with van der Waals surface area (Å²) in [5, 5.41) is 0. The van der Waals surface area contributed by atoms with E-state index in [4.69, 9.17) is 5.84 Å². The monoisotopic (exact) mass is 182 g/mol. The van der Waals surface area contributed by atoms with Gasteiger partial charge in [0.2, 0.25) is 0 Å². The molecule has 0 spiro atoms. The summed E-state index contributed by atoms with van der Waals surface area (Å²) in [7, 11) is 0. The van der Waals surface area contributed by atoms with E-state index in [9.17, 15) is 0 Å². The zero-order valence-electron chi connectivity index (χ0n) is 8.25. The number of imidazole rings is 1. The van der Waals surface area contributed by atoms with Gasteiger partial charge in [0.15, 0.2) is 0 Å². The van der Waals surface area contributed by atoms with E-state index < -0.39 is 0 Å². The van der Waals surface area contributed by atoms with Gasteiger partial charge in [0.25, 0.3) is 0 Å². The molecule has 1 heterocycles. The molecule has 0 fully saturated rings. The summed E-state index contributed by atoms with van der Waals surface area (Å²) in [6.45, 7) is 4.40. The normalized spacial score (nSPS) is 15.6. The Morgan fingerprint density at radius 2 is 2.46 bits per heavy atom. The van der Waals surface area contributed by atoms with Gasteiger partial charge in [0.1, 0.15) is 5.82 Å². The number of aromatic amines is 1. The molecule has 4 heteroatoms. The predicted molar refractivity (Wildman–Crippen MR) is 52.7 cm³/mol. The number of hydrogen-bond acceptors (Lipinski definition) is 3. The Balaban J connectivity index is 2.53. The molecular weight excluding hydrogens is 164 g/mol. The van der Waals surface area contributed by atoms with Crippen molar-refractivity contribution in [2.75, 3.05) is 0 Å². The molecule has 74 valence electrons. The van der Waals surface area contributed by atoms with Gasteiger partial charge in [0, 0.05) is 12.4 Å². The second-order valence-corrected chi connectivity index (χ2v) is 3.44. The lowest BCUT2D eigenvalue weighted by Crippen LogP contribution is -2.30. The zero-order chi connectivity index (χ0) is 9.68. The fourth-order valence-corrected chi connectivity index (χ4v) is 1.30. The minimum Gasteiger partial charge on any atom is -0.347 e. The van der Waals surface area contributed by atoms with Crippen LogP contribution in [0.3, 0.4) is 0 Å². The van der Waals surface area contributed by atoms with Gasteiger partial charge in [-0.05, 0) is 12.3 Å². The summed E-state index contributed by atoms with van der Waals surface area (Å²) >= 11 is 0. The smallest absolute Gasteiger partial charge is 0.124 e. The van der Waals surface area contributed by atoms with Crippen molar-refractivity contribution >= 4 is 0 Å². The van der Waals surface area contributed by atoms with Gasteiger partial charge in [-0.1, -0.05) is 20.3 Å². The second kappa shape index (κ2) is 4.99. The highest BCUT2D eigenvalue weighted by Crippen LogP contribution is 2.18. The number of hydrazine groups is 1. The lowest BCUT2D eigenvalue weighted by Gasteiger charge is -2.17. The average molecular weight is 182 g/mol. The molecule has 4 nitrogen and oxygen atoms in total. The maximum Gasteiger partial charge on any atom is 0.124 e. The number of rotatable bonds is 5. The Morgan fingerprint density at radius 1 is 1.69 bits per heavy atom. The third-order valence-corrected chi connectivity index (χ3v) is 2.39. The minimum absolute atomic E-state index is 0.143. The largest absolute Gasteiger partial charge is 0.347 e. The molecule has 0 radical (unpaired) electrons. The van der Waals surface area contributed by atoms with Gasteiger partial charge in [-0.2, -0.15) is 0 Å². The molecule has 0 amide bonds. The third kappa shape index (κ3) is 2.82. The van der Waals surface area contributed by atoms with Gasteiger partial charge >= 0.3 is 0 Å². The number of nitrogens with one attached hydrogen (secondary N) is 2. The Kier molecular flexibility index (Phi) is 3.92. The van der Waals surface area contributed by atoms with Crippen molar-refractivity contribution in [2.24, 2.45) is 11.8 Å². The fraction of sp³-hybridized carbons (Fsp3) is 0.667. The molecule has 13 heavy (non-hydrogen) atoms. The van der Waals surface area contributed by atoms with E-state index in [1.54, 1.807) is 6.20 Å². The molecule has 1 aromatic rings. The Morgan fingerprint density at radius 3 is 2.92 bits per heavy atom. The summed E-state index contributed by atoms with van der Waals surface area (Å²) in [6, 6.07) is 0.143. The number of hydrogen-bond donors (Lipinski definition) is 3. The highest BCUT2D eigenvalue weighted by Gasteiger charge is 2.14. The molecule has 0 aliphatic heterocycles. The number of nitrogens with two attached hydrogens (primary N) is 1. The first kappa shape index (κ1) is 10.2. The second-order valence-electron chi connectivity index (χ2n) is 3.44. The standard InChI is InChI=1S/C9H18N4/c1-3-7(2)6-8(13-10)9-11-4-5-12-9/h4-5,7-8,13H,3,6,10H2,1-2H3,(H,11,12). The van der Waals surface area contributed by atoms with E-state index in [0.717, 1.165) is 12.2 Å². The molecule has 1 aromatic heterocycles. The highest BCUT2D eigenvalue weighted by molar-refractivity contribution is 4.95. The van der Waals surface area contributed by atoms with Crippen molar-refractivity contribution in [2.45, 2.75) is 32.7 Å². The zero-order valence-corrected chi connectivity index (χ0v) is 8.25. The highest BCUT2D eigenvalue weighted by atomic mass is 15.2. The number of aromatic nitrogens is 2. The Hall–Kier alpha value is -0.870. The van der Waals surface area contributed by atoms with Crippen LogP contribution in [0.5, 0.6) is 0 Å². The topological polar surface area (TPSA) is 66.7 Å². The summed E-state index contributed by atoms with van der Waals surface area (Å²) in [6.07, 6.45) is 5.74. The maximum absolute atomic E-state index is 5.46. The van der Waals surface area contributed by atoms with Crippen LogP contribution in [0.2, 0.25) is 0 Å². The fourth-order valence-electron chi connectivity index (χ4n) is 1.30. The molecule has 0 aromatic carbocycles. The molecule has 2 unspecified atom stereocenters. The van der Waals surface area contributed by atoms with Crippen LogP contribution in [0.4, 0.5) is 0 Å². The molecule has 1 rings (SSSR count). The van der Waals surface area contributed by atoms with Crippen LogP contribution in [-0.4, -0.2) is 9.97 Å². The summed E-state index contributed by atoms with van der Waals surface area (Å²) < 4.78 is 0. The quantitative estimate of drug-likeness (QED) is 0.475. The first-order valence-electron chi connectivity index (χ1n) is 4.73. The molecule has 0 saturated carbocycles. The Labute approximate surface area is 78.9 Å². The SMILES string of the molecule is CCC(C)CC(NN)c1ncc[nH]1. The van der Waals surface area contributed by atoms with E-state index in [1.165, 1.54) is 6.42 Å². The van der Waals surface area contributed by atoms with Gasteiger partial charge in [-0.3, -0.25) is 5.84 Å². The van der Waals surface area contributed by atoms with Crippen molar-refractivity contribution < 1.29 is 0 Å². The van der Waals surface area contributed by atoms with E-state index in [0.29, 0.717) is 5.92 Å². The summed E-state index contributed by atoms with van der Waals surface area (Å²) in [5.41, 5.74) is 2.78.